The molecule has 1 aliphatic rings. The molecule has 0 spiro atoms. The number of aliphatic imine (C=N–C) groups is 1. The van der Waals surface area contributed by atoms with Crippen molar-refractivity contribution < 1.29 is 0 Å². The average molecular weight is 140 g/mol. The van der Waals surface area contributed by atoms with Crippen LogP contribution in [0.4, 0.5) is 0 Å². The zero-order valence-corrected chi connectivity index (χ0v) is 6.80. The lowest BCUT2D eigenvalue weighted by Crippen LogP contribution is -2.14. The van der Waals surface area contributed by atoms with E-state index in [1.165, 1.54) is 19.3 Å². The molecule has 2 nitrogen and oxygen atoms in total. The Morgan fingerprint density at radius 1 is 1.50 bits per heavy atom. The van der Waals surface area contributed by atoms with Gasteiger partial charge in [-0.25, -0.2) is 0 Å². The number of rotatable bonds is 1. The third-order valence-electron chi connectivity index (χ3n) is 2.19. The van der Waals surface area contributed by atoms with E-state index in [1.54, 1.807) is 0 Å². The second-order valence-electron chi connectivity index (χ2n) is 3.25. The van der Waals surface area contributed by atoms with Gasteiger partial charge in [0.2, 0.25) is 0 Å². The summed E-state index contributed by atoms with van der Waals surface area (Å²) in [6.07, 6.45) is 3.87. The summed E-state index contributed by atoms with van der Waals surface area (Å²) in [5, 5.41) is 0. The molecule has 0 aliphatic heterocycles. The van der Waals surface area contributed by atoms with E-state index >= 15 is 0 Å². The molecule has 0 bridgehead atoms. The summed E-state index contributed by atoms with van der Waals surface area (Å²) in [4.78, 5) is 4.35. The molecule has 58 valence electrons. The zero-order chi connectivity index (χ0) is 7.56. The van der Waals surface area contributed by atoms with Crippen molar-refractivity contribution in [1.82, 2.24) is 0 Å². The molecular formula is C8H16N2. The van der Waals surface area contributed by atoms with Gasteiger partial charge in [0, 0.05) is 0 Å². The molecule has 2 N–H and O–H groups in total. The van der Waals surface area contributed by atoms with Gasteiger partial charge in [0.15, 0.2) is 0 Å². The first-order valence-corrected chi connectivity index (χ1v) is 4.00. The van der Waals surface area contributed by atoms with Crippen LogP contribution in [0.5, 0.6) is 0 Å². The van der Waals surface area contributed by atoms with E-state index < -0.39 is 0 Å². The fourth-order valence-electron chi connectivity index (χ4n) is 1.58. The topological polar surface area (TPSA) is 38.4 Å². The van der Waals surface area contributed by atoms with Crippen molar-refractivity contribution in [2.24, 2.45) is 16.6 Å². The maximum Gasteiger partial charge on any atom is 0.0909 e. The van der Waals surface area contributed by atoms with Crippen LogP contribution in [0.3, 0.4) is 0 Å². The molecule has 0 aromatic rings. The first-order chi connectivity index (χ1) is 4.70. The van der Waals surface area contributed by atoms with Crippen LogP contribution < -0.4 is 5.73 Å². The largest absolute Gasteiger partial charge is 0.388 e. The first kappa shape index (κ1) is 7.58. The van der Waals surface area contributed by atoms with Crippen molar-refractivity contribution in [3.8, 4) is 0 Å². The minimum Gasteiger partial charge on any atom is -0.388 e. The molecule has 2 heteroatoms. The Kier molecular flexibility index (Phi) is 2.30. The number of hydrogen-bond donors (Lipinski definition) is 1. The van der Waals surface area contributed by atoms with Crippen molar-refractivity contribution in [2.45, 2.75) is 39.2 Å². The fourth-order valence-corrected chi connectivity index (χ4v) is 1.58. The second kappa shape index (κ2) is 3.04. The Morgan fingerprint density at radius 2 is 2.20 bits per heavy atom. The first-order valence-electron chi connectivity index (χ1n) is 4.00. The third kappa shape index (κ3) is 1.72. The molecule has 0 aromatic carbocycles. The van der Waals surface area contributed by atoms with Crippen LogP contribution in [-0.2, 0) is 0 Å². The summed E-state index contributed by atoms with van der Waals surface area (Å²) in [6.45, 7) is 4.12. The Balaban J connectivity index is 2.48. The highest BCUT2D eigenvalue weighted by Gasteiger charge is 2.21. The molecule has 2 unspecified atom stereocenters. The van der Waals surface area contributed by atoms with Crippen LogP contribution in [0.2, 0.25) is 0 Å². The smallest absolute Gasteiger partial charge is 0.0909 e. The molecule has 0 saturated heterocycles. The highest BCUT2D eigenvalue weighted by atomic mass is 14.9. The number of nitrogens with zero attached hydrogens (tertiary/aromatic N) is 1. The maximum absolute atomic E-state index is 5.48. The van der Waals surface area contributed by atoms with Gasteiger partial charge in [0.05, 0.1) is 11.9 Å². The van der Waals surface area contributed by atoms with Crippen molar-refractivity contribution >= 4 is 5.84 Å². The number of amidine groups is 1. The summed E-state index contributed by atoms with van der Waals surface area (Å²) in [5.74, 6) is 1.48. The summed E-state index contributed by atoms with van der Waals surface area (Å²) in [5.41, 5.74) is 5.48. The average Bonchev–Trinajstić information content (AvgIpc) is 2.15. The van der Waals surface area contributed by atoms with Gasteiger partial charge in [-0.2, -0.15) is 0 Å². The normalized spacial score (nSPS) is 34.8. The van der Waals surface area contributed by atoms with Crippen LogP contribution in [-0.4, -0.2) is 11.9 Å². The van der Waals surface area contributed by atoms with E-state index in [-0.39, 0.29) is 0 Å². The molecule has 10 heavy (non-hydrogen) atoms. The SMILES string of the molecule is CC(N)=NC1CCCC1C. The highest BCUT2D eigenvalue weighted by Crippen LogP contribution is 2.27. The standard InChI is InChI=1S/C8H16N2/c1-6-4-3-5-8(6)10-7(2)9/h6,8H,3-5H2,1-2H3,(H2,9,10). The van der Waals surface area contributed by atoms with Gasteiger partial charge in [0.1, 0.15) is 0 Å². The van der Waals surface area contributed by atoms with Crippen molar-refractivity contribution in [3.05, 3.63) is 0 Å². The second-order valence-corrected chi connectivity index (χ2v) is 3.25. The fraction of sp³-hybridized carbons (Fsp3) is 0.875. The zero-order valence-electron chi connectivity index (χ0n) is 6.80. The Morgan fingerprint density at radius 3 is 2.60 bits per heavy atom. The van der Waals surface area contributed by atoms with Crippen LogP contribution in [0.15, 0.2) is 4.99 Å². The van der Waals surface area contributed by atoms with Gasteiger partial charge in [-0.1, -0.05) is 13.3 Å². The Bertz CT molecular complexity index is 136. The molecule has 0 aromatic heterocycles. The lowest BCUT2D eigenvalue weighted by atomic mass is 10.1. The molecule has 2 atom stereocenters. The van der Waals surface area contributed by atoms with Crippen molar-refractivity contribution in [2.75, 3.05) is 0 Å². The van der Waals surface area contributed by atoms with E-state index in [2.05, 4.69) is 11.9 Å². The van der Waals surface area contributed by atoms with Crippen LogP contribution >= 0.6 is 0 Å². The van der Waals surface area contributed by atoms with E-state index in [0.717, 1.165) is 11.8 Å². The molecule has 0 heterocycles. The molecule has 1 rings (SSSR count). The Hall–Kier alpha value is -0.530. The predicted octanol–water partition coefficient (Wildman–Crippen LogP) is 1.55. The Labute approximate surface area is 62.5 Å². The predicted molar refractivity (Wildman–Crippen MR) is 44.1 cm³/mol. The van der Waals surface area contributed by atoms with Crippen LogP contribution in [0, 0.1) is 5.92 Å². The molecule has 0 radical (unpaired) electrons. The van der Waals surface area contributed by atoms with Gasteiger partial charge in [-0.05, 0) is 25.7 Å². The van der Waals surface area contributed by atoms with E-state index in [1.807, 2.05) is 6.92 Å². The van der Waals surface area contributed by atoms with Gasteiger partial charge < -0.3 is 5.73 Å². The van der Waals surface area contributed by atoms with E-state index in [0.29, 0.717) is 6.04 Å². The van der Waals surface area contributed by atoms with Crippen LogP contribution in [0.1, 0.15) is 33.1 Å². The monoisotopic (exact) mass is 140 g/mol. The van der Waals surface area contributed by atoms with Gasteiger partial charge >= 0.3 is 0 Å². The maximum atomic E-state index is 5.48. The lowest BCUT2D eigenvalue weighted by molar-refractivity contribution is 0.529. The molecule has 1 aliphatic carbocycles. The van der Waals surface area contributed by atoms with Crippen LogP contribution in [0.25, 0.3) is 0 Å². The summed E-state index contributed by atoms with van der Waals surface area (Å²) in [7, 11) is 0. The quantitative estimate of drug-likeness (QED) is 0.435. The summed E-state index contributed by atoms with van der Waals surface area (Å²) in [6, 6.07) is 0.519. The molecule has 0 amide bonds. The summed E-state index contributed by atoms with van der Waals surface area (Å²) < 4.78 is 0. The highest BCUT2D eigenvalue weighted by molar-refractivity contribution is 5.77. The number of nitrogens with two attached hydrogens (primary N) is 1. The minimum atomic E-state index is 0.519. The molecule has 1 fully saturated rings. The van der Waals surface area contributed by atoms with Gasteiger partial charge in [-0.15, -0.1) is 0 Å². The number of hydrogen-bond acceptors (Lipinski definition) is 1. The lowest BCUT2D eigenvalue weighted by Gasteiger charge is -2.09. The van der Waals surface area contributed by atoms with Gasteiger partial charge in [0.25, 0.3) is 0 Å². The third-order valence-corrected chi connectivity index (χ3v) is 2.19. The molecule has 1 saturated carbocycles. The van der Waals surface area contributed by atoms with E-state index in [4.69, 9.17) is 5.73 Å². The van der Waals surface area contributed by atoms with Gasteiger partial charge in [-0.3, -0.25) is 4.99 Å². The minimum absolute atomic E-state index is 0.519. The van der Waals surface area contributed by atoms with E-state index in [9.17, 15) is 0 Å². The van der Waals surface area contributed by atoms with Crippen molar-refractivity contribution in [1.29, 1.82) is 0 Å². The van der Waals surface area contributed by atoms with Crippen molar-refractivity contribution in [3.63, 3.8) is 0 Å². The molecular weight excluding hydrogens is 124 g/mol. The summed E-state index contributed by atoms with van der Waals surface area (Å²) >= 11 is 0.